The molecule has 0 saturated heterocycles. The van der Waals surface area contributed by atoms with E-state index in [-0.39, 0.29) is 24.1 Å². The van der Waals surface area contributed by atoms with E-state index in [1.54, 1.807) is 30.1 Å². The molecule has 18 heavy (non-hydrogen) atoms. The van der Waals surface area contributed by atoms with Crippen LogP contribution in [0, 0.1) is 5.92 Å². The van der Waals surface area contributed by atoms with E-state index in [1.165, 1.54) is 0 Å². The molecule has 0 aromatic heterocycles. The summed E-state index contributed by atoms with van der Waals surface area (Å²) in [6, 6.07) is 7.09. The quantitative estimate of drug-likeness (QED) is 0.821. The highest BCUT2D eigenvalue weighted by Gasteiger charge is 2.34. The van der Waals surface area contributed by atoms with Crippen molar-refractivity contribution in [2.45, 2.75) is 25.3 Å². The Morgan fingerprint density at radius 3 is 2.72 bits per heavy atom. The van der Waals surface area contributed by atoms with Crippen LogP contribution in [0.3, 0.4) is 0 Å². The minimum Gasteiger partial charge on any atom is -0.508 e. The van der Waals surface area contributed by atoms with E-state index >= 15 is 0 Å². The second-order valence-corrected chi connectivity index (χ2v) is 4.95. The average molecular weight is 248 g/mol. The maximum atomic E-state index is 12.2. The molecule has 0 radical (unpaired) electrons. The predicted molar refractivity (Wildman–Crippen MR) is 70.1 cm³/mol. The van der Waals surface area contributed by atoms with Gasteiger partial charge in [0, 0.05) is 25.2 Å². The second-order valence-electron chi connectivity index (χ2n) is 4.95. The number of aromatic hydroxyl groups is 1. The highest BCUT2D eigenvalue weighted by Crippen LogP contribution is 2.34. The third-order valence-corrected chi connectivity index (χ3v) is 3.63. The number of nitrogens with two attached hydrogens (primary N) is 1. The molecule has 0 bridgehead atoms. The fourth-order valence-electron chi connectivity index (χ4n) is 2.28. The molecule has 1 amide bonds. The topological polar surface area (TPSA) is 66.6 Å². The summed E-state index contributed by atoms with van der Waals surface area (Å²) in [6.45, 7) is 0.508. The van der Waals surface area contributed by atoms with Gasteiger partial charge in [0.15, 0.2) is 0 Å². The first kappa shape index (κ1) is 12.9. The van der Waals surface area contributed by atoms with Gasteiger partial charge < -0.3 is 15.7 Å². The zero-order valence-corrected chi connectivity index (χ0v) is 10.7. The van der Waals surface area contributed by atoms with E-state index in [0.29, 0.717) is 18.0 Å². The molecule has 3 N–H and O–H groups in total. The van der Waals surface area contributed by atoms with Gasteiger partial charge in [-0.15, -0.1) is 0 Å². The standard InChI is InChI=1S/C14H20N2O2/c1-16(12(9-15)10-6-7-10)14(18)8-11-4-2-3-5-13(11)17/h2-5,10,12,17H,6-9,15H2,1H3. The molecule has 1 atom stereocenters. The Labute approximate surface area is 107 Å². The van der Waals surface area contributed by atoms with Gasteiger partial charge in [0.05, 0.1) is 6.42 Å². The van der Waals surface area contributed by atoms with Crippen LogP contribution in [-0.4, -0.2) is 35.5 Å². The van der Waals surface area contributed by atoms with Gasteiger partial charge in [0.1, 0.15) is 5.75 Å². The SMILES string of the molecule is CN(C(=O)Cc1ccccc1O)C(CN)C1CC1. The summed E-state index contributed by atoms with van der Waals surface area (Å²) in [5.41, 5.74) is 6.40. The molecule has 1 aliphatic carbocycles. The fraction of sp³-hybridized carbons (Fsp3) is 0.500. The Balaban J connectivity index is 2.00. The first-order valence-electron chi connectivity index (χ1n) is 6.36. The normalized spacial score (nSPS) is 16.3. The predicted octanol–water partition coefficient (Wildman–Crippen LogP) is 1.13. The number of nitrogens with zero attached hydrogens (tertiary/aromatic N) is 1. The van der Waals surface area contributed by atoms with Crippen LogP contribution >= 0.6 is 0 Å². The molecule has 1 unspecified atom stereocenters. The van der Waals surface area contributed by atoms with Crippen molar-refractivity contribution in [1.29, 1.82) is 0 Å². The molecule has 4 heteroatoms. The lowest BCUT2D eigenvalue weighted by Gasteiger charge is -2.27. The van der Waals surface area contributed by atoms with E-state index in [0.717, 1.165) is 12.8 Å². The highest BCUT2D eigenvalue weighted by molar-refractivity contribution is 5.79. The Bertz CT molecular complexity index is 430. The van der Waals surface area contributed by atoms with Crippen LogP contribution in [0.2, 0.25) is 0 Å². The van der Waals surface area contributed by atoms with Gasteiger partial charge in [-0.3, -0.25) is 4.79 Å². The number of benzene rings is 1. The lowest BCUT2D eigenvalue weighted by atomic mass is 10.1. The number of rotatable bonds is 5. The van der Waals surface area contributed by atoms with Crippen molar-refractivity contribution in [1.82, 2.24) is 4.90 Å². The molecule has 0 spiro atoms. The van der Waals surface area contributed by atoms with Gasteiger partial charge in [0.2, 0.25) is 5.91 Å². The number of amides is 1. The monoisotopic (exact) mass is 248 g/mol. The number of phenolic OH excluding ortho intramolecular Hbond substituents is 1. The summed E-state index contributed by atoms with van der Waals surface area (Å²) < 4.78 is 0. The molecule has 0 aliphatic heterocycles. The summed E-state index contributed by atoms with van der Waals surface area (Å²) in [4.78, 5) is 13.9. The first-order valence-corrected chi connectivity index (χ1v) is 6.36. The number of carbonyl (C=O) groups is 1. The van der Waals surface area contributed by atoms with Crippen LogP contribution in [0.4, 0.5) is 0 Å². The summed E-state index contributed by atoms with van der Waals surface area (Å²) >= 11 is 0. The molecule has 1 fully saturated rings. The highest BCUT2D eigenvalue weighted by atomic mass is 16.3. The van der Waals surface area contributed by atoms with Gasteiger partial charge in [-0.25, -0.2) is 0 Å². The summed E-state index contributed by atoms with van der Waals surface area (Å²) in [5, 5.41) is 9.66. The van der Waals surface area contributed by atoms with Crippen LogP contribution in [-0.2, 0) is 11.2 Å². The lowest BCUT2D eigenvalue weighted by Crippen LogP contribution is -2.43. The van der Waals surface area contributed by atoms with E-state index in [1.807, 2.05) is 6.07 Å². The molecule has 0 heterocycles. The largest absolute Gasteiger partial charge is 0.508 e. The minimum absolute atomic E-state index is 0.0128. The zero-order valence-electron chi connectivity index (χ0n) is 10.7. The summed E-state index contributed by atoms with van der Waals surface area (Å²) in [6.07, 6.45) is 2.55. The fourth-order valence-corrected chi connectivity index (χ4v) is 2.28. The summed E-state index contributed by atoms with van der Waals surface area (Å²) in [7, 11) is 1.80. The van der Waals surface area contributed by atoms with Crippen LogP contribution < -0.4 is 5.73 Å². The number of carbonyl (C=O) groups excluding carboxylic acids is 1. The Morgan fingerprint density at radius 1 is 1.50 bits per heavy atom. The molecule has 1 aliphatic rings. The van der Waals surface area contributed by atoms with Crippen molar-refractivity contribution in [3.8, 4) is 5.75 Å². The van der Waals surface area contributed by atoms with E-state index in [2.05, 4.69) is 0 Å². The Hall–Kier alpha value is -1.55. The molecule has 1 aromatic carbocycles. The molecular weight excluding hydrogens is 228 g/mol. The maximum absolute atomic E-state index is 12.2. The number of hydrogen-bond donors (Lipinski definition) is 2. The van der Waals surface area contributed by atoms with Crippen LogP contribution in [0.15, 0.2) is 24.3 Å². The molecule has 98 valence electrons. The summed E-state index contributed by atoms with van der Waals surface area (Å²) in [5.74, 6) is 0.752. The molecule has 4 nitrogen and oxygen atoms in total. The molecule has 1 saturated carbocycles. The van der Waals surface area contributed by atoms with Gasteiger partial charge in [-0.1, -0.05) is 18.2 Å². The van der Waals surface area contributed by atoms with Crippen molar-refractivity contribution in [2.75, 3.05) is 13.6 Å². The number of hydrogen-bond acceptors (Lipinski definition) is 3. The van der Waals surface area contributed by atoms with Gasteiger partial charge in [-0.2, -0.15) is 0 Å². The second kappa shape index (κ2) is 5.40. The average Bonchev–Trinajstić information content (AvgIpc) is 3.17. The first-order chi connectivity index (χ1) is 8.63. The molecule has 2 rings (SSSR count). The van der Waals surface area contributed by atoms with Crippen molar-refractivity contribution in [3.63, 3.8) is 0 Å². The number of likely N-dealkylation sites (N-methyl/N-ethyl adjacent to an activating group) is 1. The van der Waals surface area contributed by atoms with Gasteiger partial charge in [0.25, 0.3) is 0 Å². The lowest BCUT2D eigenvalue weighted by molar-refractivity contribution is -0.131. The maximum Gasteiger partial charge on any atom is 0.227 e. The van der Waals surface area contributed by atoms with Crippen molar-refractivity contribution >= 4 is 5.91 Å². The molecular formula is C14H20N2O2. The minimum atomic E-state index is 0.0128. The Kier molecular flexibility index (Phi) is 3.87. The van der Waals surface area contributed by atoms with E-state index in [4.69, 9.17) is 5.73 Å². The number of phenols is 1. The third-order valence-electron chi connectivity index (χ3n) is 3.63. The van der Waals surface area contributed by atoms with Crippen LogP contribution in [0.5, 0.6) is 5.75 Å². The van der Waals surface area contributed by atoms with Gasteiger partial charge in [-0.05, 0) is 24.8 Å². The van der Waals surface area contributed by atoms with E-state index in [9.17, 15) is 9.90 Å². The van der Waals surface area contributed by atoms with Gasteiger partial charge >= 0.3 is 0 Å². The van der Waals surface area contributed by atoms with Crippen LogP contribution in [0.25, 0.3) is 0 Å². The number of para-hydroxylation sites is 1. The van der Waals surface area contributed by atoms with Crippen molar-refractivity contribution in [2.24, 2.45) is 11.7 Å². The zero-order chi connectivity index (χ0) is 13.1. The van der Waals surface area contributed by atoms with Crippen molar-refractivity contribution in [3.05, 3.63) is 29.8 Å². The van der Waals surface area contributed by atoms with Crippen molar-refractivity contribution < 1.29 is 9.90 Å². The van der Waals surface area contributed by atoms with E-state index < -0.39 is 0 Å². The van der Waals surface area contributed by atoms with Crippen LogP contribution in [0.1, 0.15) is 18.4 Å². The smallest absolute Gasteiger partial charge is 0.227 e. The molecule has 1 aromatic rings. The third kappa shape index (κ3) is 2.82. The Morgan fingerprint density at radius 2 is 2.17 bits per heavy atom.